The Morgan fingerprint density at radius 3 is 2.66 bits per heavy atom. The van der Waals surface area contributed by atoms with E-state index in [2.05, 4.69) is 5.32 Å². The molecular weight excluding hydrogens is 444 g/mol. The van der Waals surface area contributed by atoms with Crippen LogP contribution in [0.25, 0.3) is 21.9 Å². The van der Waals surface area contributed by atoms with Gasteiger partial charge in [-0.1, -0.05) is 36.4 Å². The normalized spacial score (nSPS) is 15.8. The van der Waals surface area contributed by atoms with Crippen LogP contribution < -0.4 is 14.8 Å². The third-order valence-electron chi connectivity index (χ3n) is 6.43. The molecule has 0 aliphatic carbocycles. The third-order valence-corrected chi connectivity index (χ3v) is 6.43. The molecule has 0 radical (unpaired) electrons. The maximum Gasteiger partial charge on any atom is 0.229 e. The minimum absolute atomic E-state index is 0.000271. The number of piperidine rings is 1. The third kappa shape index (κ3) is 4.94. The molecule has 1 atom stereocenters. The number of carbonyl (C=O) groups excluding carboxylic acids is 2. The van der Waals surface area contributed by atoms with Crippen molar-refractivity contribution in [2.75, 3.05) is 32.1 Å². The predicted octanol–water partition coefficient (Wildman–Crippen LogP) is 5.24. The van der Waals surface area contributed by atoms with E-state index in [0.717, 1.165) is 34.9 Å². The summed E-state index contributed by atoms with van der Waals surface area (Å²) >= 11 is 0. The smallest absolute Gasteiger partial charge is 0.229 e. The number of hydrogen-bond acceptors (Lipinski definition) is 5. The summed E-state index contributed by atoms with van der Waals surface area (Å²) in [6.07, 6.45) is 1.79. The maximum atomic E-state index is 13.2. The number of ether oxygens (including phenoxy) is 2. The van der Waals surface area contributed by atoms with Gasteiger partial charge < -0.3 is 24.1 Å². The highest BCUT2D eigenvalue weighted by Gasteiger charge is 2.29. The lowest BCUT2D eigenvalue weighted by Gasteiger charge is -2.32. The van der Waals surface area contributed by atoms with Gasteiger partial charge in [-0.05, 0) is 37.1 Å². The number of amides is 2. The van der Waals surface area contributed by atoms with Crippen molar-refractivity contribution in [1.29, 1.82) is 0 Å². The van der Waals surface area contributed by atoms with Crippen LogP contribution in [0.4, 0.5) is 5.69 Å². The quantitative estimate of drug-likeness (QED) is 0.398. The molecule has 2 amide bonds. The first kappa shape index (κ1) is 22.8. The van der Waals surface area contributed by atoms with Gasteiger partial charge in [-0.3, -0.25) is 9.59 Å². The number of anilines is 1. The van der Waals surface area contributed by atoms with E-state index < -0.39 is 0 Å². The van der Waals surface area contributed by atoms with Gasteiger partial charge in [-0.15, -0.1) is 0 Å². The monoisotopic (exact) mass is 472 g/mol. The zero-order chi connectivity index (χ0) is 24.2. The molecule has 7 nitrogen and oxygen atoms in total. The standard InChI is InChI=1S/C28H28N2O5/c1-33-26-16-22-21-11-5-6-12-24(21)35-25(22)17-23(26)29-28(32)19-8-7-14-30(18-19)27(31)13-15-34-20-9-3-2-4-10-20/h2-6,9-12,16-17,19H,7-8,13-15,18H2,1H3,(H,29,32). The average molecular weight is 473 g/mol. The second kappa shape index (κ2) is 10.1. The number of hydrogen-bond donors (Lipinski definition) is 1. The van der Waals surface area contributed by atoms with E-state index in [1.54, 1.807) is 18.1 Å². The van der Waals surface area contributed by atoms with E-state index in [-0.39, 0.29) is 24.2 Å². The molecule has 3 aromatic carbocycles. The van der Waals surface area contributed by atoms with Gasteiger partial charge in [-0.2, -0.15) is 0 Å². The van der Waals surface area contributed by atoms with E-state index in [9.17, 15) is 9.59 Å². The Balaban J connectivity index is 1.23. The fourth-order valence-corrected chi connectivity index (χ4v) is 4.60. The Morgan fingerprint density at radius 1 is 1.03 bits per heavy atom. The van der Waals surface area contributed by atoms with E-state index in [4.69, 9.17) is 13.9 Å². The molecule has 0 spiro atoms. The highest BCUT2D eigenvalue weighted by atomic mass is 16.5. The van der Waals surface area contributed by atoms with Gasteiger partial charge in [0.2, 0.25) is 11.8 Å². The predicted molar refractivity (Wildman–Crippen MR) is 135 cm³/mol. The highest BCUT2D eigenvalue weighted by molar-refractivity contribution is 6.08. The van der Waals surface area contributed by atoms with Crippen molar-refractivity contribution in [2.24, 2.45) is 5.92 Å². The summed E-state index contributed by atoms with van der Waals surface area (Å²) in [5.41, 5.74) is 2.02. The molecule has 7 heteroatoms. The number of rotatable bonds is 7. The number of carbonyl (C=O) groups is 2. The van der Waals surface area contributed by atoms with Crippen molar-refractivity contribution < 1.29 is 23.5 Å². The molecular formula is C28H28N2O5. The summed E-state index contributed by atoms with van der Waals surface area (Å²) in [5.74, 6) is 0.890. The van der Waals surface area contributed by atoms with Crippen molar-refractivity contribution in [3.05, 3.63) is 66.7 Å². The van der Waals surface area contributed by atoms with Crippen molar-refractivity contribution in [2.45, 2.75) is 19.3 Å². The molecule has 1 fully saturated rings. The number of para-hydroxylation sites is 2. The van der Waals surface area contributed by atoms with Crippen molar-refractivity contribution in [3.8, 4) is 11.5 Å². The molecule has 5 rings (SSSR count). The second-order valence-electron chi connectivity index (χ2n) is 8.73. The Bertz CT molecular complexity index is 1350. The van der Waals surface area contributed by atoms with Crippen LogP contribution in [0.15, 0.2) is 71.1 Å². The molecule has 180 valence electrons. The van der Waals surface area contributed by atoms with Gasteiger partial charge in [0.05, 0.1) is 31.7 Å². The summed E-state index contributed by atoms with van der Waals surface area (Å²) in [7, 11) is 1.58. The van der Waals surface area contributed by atoms with E-state index >= 15 is 0 Å². The zero-order valence-corrected chi connectivity index (χ0v) is 19.7. The summed E-state index contributed by atoms with van der Waals surface area (Å²) < 4.78 is 17.2. The molecule has 1 aliphatic rings. The Hall–Kier alpha value is -4.00. The average Bonchev–Trinajstić information content (AvgIpc) is 3.26. The lowest BCUT2D eigenvalue weighted by Crippen LogP contribution is -2.44. The van der Waals surface area contributed by atoms with Gasteiger partial charge in [0.25, 0.3) is 0 Å². The Morgan fingerprint density at radius 2 is 1.83 bits per heavy atom. The lowest BCUT2D eigenvalue weighted by molar-refractivity contribution is -0.135. The number of fused-ring (bicyclic) bond motifs is 3. The first-order valence-corrected chi connectivity index (χ1v) is 11.9. The Labute approximate surface area is 203 Å². The van der Waals surface area contributed by atoms with Crippen LogP contribution in [0.3, 0.4) is 0 Å². The van der Waals surface area contributed by atoms with Gasteiger partial charge in [0, 0.05) is 29.9 Å². The van der Waals surface area contributed by atoms with Crippen LogP contribution in [0.2, 0.25) is 0 Å². The maximum absolute atomic E-state index is 13.2. The molecule has 1 aliphatic heterocycles. The zero-order valence-electron chi connectivity index (χ0n) is 19.7. The van der Waals surface area contributed by atoms with Crippen molar-refractivity contribution in [1.82, 2.24) is 4.90 Å². The fourth-order valence-electron chi connectivity index (χ4n) is 4.60. The van der Waals surface area contributed by atoms with Gasteiger partial charge in [-0.25, -0.2) is 0 Å². The first-order chi connectivity index (χ1) is 17.1. The van der Waals surface area contributed by atoms with Crippen LogP contribution in [-0.4, -0.2) is 43.5 Å². The topological polar surface area (TPSA) is 81.0 Å². The minimum Gasteiger partial charge on any atom is -0.495 e. The SMILES string of the molecule is COc1cc2c(cc1NC(=O)C1CCCN(C(=O)CCOc3ccccc3)C1)oc1ccccc12. The highest BCUT2D eigenvalue weighted by Crippen LogP contribution is 2.36. The minimum atomic E-state index is -0.293. The van der Waals surface area contributed by atoms with Gasteiger partial charge >= 0.3 is 0 Å². The molecule has 1 N–H and O–H groups in total. The summed E-state index contributed by atoms with van der Waals surface area (Å²) in [4.78, 5) is 27.6. The van der Waals surface area contributed by atoms with E-state index in [0.29, 0.717) is 36.7 Å². The second-order valence-corrected chi connectivity index (χ2v) is 8.73. The van der Waals surface area contributed by atoms with Crippen LogP contribution in [0.1, 0.15) is 19.3 Å². The molecule has 35 heavy (non-hydrogen) atoms. The first-order valence-electron chi connectivity index (χ1n) is 11.9. The largest absolute Gasteiger partial charge is 0.495 e. The van der Waals surface area contributed by atoms with Gasteiger partial charge in [0.15, 0.2) is 0 Å². The molecule has 1 saturated heterocycles. The molecule has 4 aromatic rings. The molecule has 2 heterocycles. The van der Waals surface area contributed by atoms with Crippen LogP contribution >= 0.6 is 0 Å². The van der Waals surface area contributed by atoms with Crippen molar-refractivity contribution in [3.63, 3.8) is 0 Å². The summed E-state index contributed by atoms with van der Waals surface area (Å²) in [5, 5.41) is 4.93. The molecule has 1 unspecified atom stereocenters. The van der Waals surface area contributed by atoms with E-state index in [1.165, 1.54) is 0 Å². The van der Waals surface area contributed by atoms with E-state index in [1.807, 2.05) is 60.7 Å². The lowest BCUT2D eigenvalue weighted by atomic mass is 9.96. The van der Waals surface area contributed by atoms with Gasteiger partial charge in [0.1, 0.15) is 22.7 Å². The summed E-state index contributed by atoms with van der Waals surface area (Å²) in [6, 6.07) is 20.9. The number of furan rings is 1. The number of methoxy groups -OCH3 is 1. The number of likely N-dealkylation sites (tertiary alicyclic amines) is 1. The Kier molecular flexibility index (Phi) is 6.57. The summed E-state index contributed by atoms with van der Waals surface area (Å²) in [6.45, 7) is 1.36. The fraction of sp³-hybridized carbons (Fsp3) is 0.286. The molecule has 0 bridgehead atoms. The van der Waals surface area contributed by atoms with Crippen LogP contribution in [-0.2, 0) is 9.59 Å². The number of nitrogens with one attached hydrogen (secondary N) is 1. The molecule has 1 aromatic heterocycles. The molecule has 0 saturated carbocycles. The van der Waals surface area contributed by atoms with Crippen LogP contribution in [0.5, 0.6) is 11.5 Å². The van der Waals surface area contributed by atoms with Crippen LogP contribution in [0, 0.1) is 5.92 Å². The van der Waals surface area contributed by atoms with Crippen molar-refractivity contribution >= 4 is 39.4 Å². The number of nitrogens with zero attached hydrogens (tertiary/aromatic N) is 1. The number of benzene rings is 3.